The van der Waals surface area contributed by atoms with Crippen molar-refractivity contribution in [3.63, 3.8) is 0 Å². The molecule has 0 bridgehead atoms. The van der Waals surface area contributed by atoms with Gasteiger partial charge in [-0.25, -0.2) is 0 Å². The van der Waals surface area contributed by atoms with E-state index in [9.17, 15) is 9.59 Å². The highest BCUT2D eigenvalue weighted by atomic mass is 35.5. The number of rotatable bonds is 7. The SMILES string of the molecule is O=C(O)CC1(NC(=O)CCCc2ccc(Cl)c(Cl)c2)CCOCC1. The minimum absolute atomic E-state index is 0.0745. The predicted molar refractivity (Wildman–Crippen MR) is 92.6 cm³/mol. The van der Waals surface area contributed by atoms with E-state index in [0.717, 1.165) is 5.56 Å². The summed E-state index contributed by atoms with van der Waals surface area (Å²) in [4.78, 5) is 23.3. The molecule has 1 saturated heterocycles. The van der Waals surface area contributed by atoms with Crippen LogP contribution in [0.4, 0.5) is 0 Å². The summed E-state index contributed by atoms with van der Waals surface area (Å²) in [5.41, 5.74) is 0.327. The van der Waals surface area contributed by atoms with Crippen LogP contribution >= 0.6 is 23.2 Å². The van der Waals surface area contributed by atoms with E-state index in [-0.39, 0.29) is 12.3 Å². The number of aryl methyl sites for hydroxylation is 1. The number of halogens is 2. The van der Waals surface area contributed by atoms with E-state index < -0.39 is 11.5 Å². The van der Waals surface area contributed by atoms with Crippen LogP contribution in [-0.2, 0) is 20.7 Å². The molecule has 1 aliphatic heterocycles. The lowest BCUT2D eigenvalue weighted by atomic mass is 9.86. The molecule has 0 atom stereocenters. The van der Waals surface area contributed by atoms with Gasteiger partial charge in [0, 0.05) is 19.6 Å². The van der Waals surface area contributed by atoms with Crippen molar-refractivity contribution in [3.8, 4) is 0 Å². The molecule has 24 heavy (non-hydrogen) atoms. The first kappa shape index (κ1) is 19.0. The molecule has 2 rings (SSSR count). The maximum Gasteiger partial charge on any atom is 0.305 e. The van der Waals surface area contributed by atoms with Crippen LogP contribution in [0.5, 0.6) is 0 Å². The second kappa shape index (κ2) is 8.70. The molecule has 2 N–H and O–H groups in total. The number of hydrogen-bond donors (Lipinski definition) is 2. The lowest BCUT2D eigenvalue weighted by Crippen LogP contribution is -2.53. The first-order valence-corrected chi connectivity index (χ1v) is 8.70. The molecule has 0 unspecified atom stereocenters. The van der Waals surface area contributed by atoms with Gasteiger partial charge in [-0.1, -0.05) is 29.3 Å². The molecule has 1 heterocycles. The van der Waals surface area contributed by atoms with Crippen LogP contribution in [0.15, 0.2) is 18.2 Å². The molecule has 1 fully saturated rings. The lowest BCUT2D eigenvalue weighted by Gasteiger charge is -2.36. The number of carbonyl (C=O) groups excluding carboxylic acids is 1. The minimum Gasteiger partial charge on any atom is -0.481 e. The lowest BCUT2D eigenvalue weighted by molar-refractivity contribution is -0.140. The molecular formula is C17H21Cl2NO4. The van der Waals surface area contributed by atoms with E-state index in [4.69, 9.17) is 33.0 Å². The van der Waals surface area contributed by atoms with E-state index in [0.29, 0.717) is 55.4 Å². The molecule has 0 spiro atoms. The van der Waals surface area contributed by atoms with Gasteiger partial charge in [-0.15, -0.1) is 0 Å². The fourth-order valence-corrected chi connectivity index (χ4v) is 3.22. The van der Waals surface area contributed by atoms with Crippen molar-refractivity contribution >= 4 is 35.1 Å². The second-order valence-corrected chi connectivity index (χ2v) is 6.93. The highest BCUT2D eigenvalue weighted by Gasteiger charge is 2.36. The van der Waals surface area contributed by atoms with Gasteiger partial charge in [0.05, 0.1) is 22.0 Å². The van der Waals surface area contributed by atoms with Crippen molar-refractivity contribution in [2.75, 3.05) is 13.2 Å². The summed E-state index contributed by atoms with van der Waals surface area (Å²) in [6.45, 7) is 0.938. The molecule has 1 aliphatic rings. The predicted octanol–water partition coefficient (Wildman–Crippen LogP) is 3.46. The minimum atomic E-state index is -0.909. The number of amides is 1. The van der Waals surface area contributed by atoms with Gasteiger partial charge < -0.3 is 15.2 Å². The Bertz CT molecular complexity index is 600. The molecule has 7 heteroatoms. The first-order valence-electron chi connectivity index (χ1n) is 7.95. The summed E-state index contributed by atoms with van der Waals surface area (Å²) in [5.74, 6) is -1.04. The van der Waals surface area contributed by atoms with Crippen LogP contribution < -0.4 is 5.32 Å². The average molecular weight is 374 g/mol. The number of benzene rings is 1. The molecule has 0 aromatic heterocycles. The van der Waals surface area contributed by atoms with Gasteiger partial charge >= 0.3 is 5.97 Å². The zero-order valence-corrected chi connectivity index (χ0v) is 14.8. The molecule has 1 aromatic carbocycles. The van der Waals surface area contributed by atoms with Gasteiger partial charge in [0.25, 0.3) is 0 Å². The number of carboxylic acids is 1. The Hall–Kier alpha value is -1.30. The molecule has 0 saturated carbocycles. The summed E-state index contributed by atoms with van der Waals surface area (Å²) >= 11 is 11.8. The van der Waals surface area contributed by atoms with Gasteiger partial charge in [0.15, 0.2) is 0 Å². The van der Waals surface area contributed by atoms with Crippen molar-refractivity contribution < 1.29 is 19.4 Å². The van der Waals surface area contributed by atoms with Crippen molar-refractivity contribution in [2.24, 2.45) is 0 Å². The molecule has 132 valence electrons. The number of carboxylic acid groups (broad SMARTS) is 1. The zero-order chi connectivity index (χ0) is 17.6. The Kier molecular flexibility index (Phi) is 6.90. The third-order valence-electron chi connectivity index (χ3n) is 4.20. The van der Waals surface area contributed by atoms with Gasteiger partial charge in [-0.3, -0.25) is 9.59 Å². The Labute approximate surface area is 151 Å². The molecule has 0 radical (unpaired) electrons. The highest BCUT2D eigenvalue weighted by molar-refractivity contribution is 6.42. The summed E-state index contributed by atoms with van der Waals surface area (Å²) in [6.07, 6.45) is 2.68. The quantitative estimate of drug-likeness (QED) is 0.767. The Balaban J connectivity index is 1.84. The topological polar surface area (TPSA) is 75.6 Å². The third kappa shape index (κ3) is 5.65. The normalized spacial score (nSPS) is 16.6. The van der Waals surface area contributed by atoms with Gasteiger partial charge in [0.1, 0.15) is 0 Å². The largest absolute Gasteiger partial charge is 0.481 e. The number of ether oxygens (including phenoxy) is 1. The summed E-state index contributed by atoms with van der Waals surface area (Å²) in [6, 6.07) is 5.42. The Morgan fingerprint density at radius 2 is 1.92 bits per heavy atom. The number of aliphatic carboxylic acids is 1. The van der Waals surface area contributed by atoms with E-state index in [1.165, 1.54) is 0 Å². The standard InChI is InChI=1S/C17H21Cl2NO4/c18-13-5-4-12(10-14(13)19)2-1-3-15(21)20-17(11-16(22)23)6-8-24-9-7-17/h4-5,10H,1-3,6-9,11H2,(H,20,21)(H,22,23). The van der Waals surface area contributed by atoms with Crippen molar-refractivity contribution in [3.05, 3.63) is 33.8 Å². The third-order valence-corrected chi connectivity index (χ3v) is 4.94. The van der Waals surface area contributed by atoms with Gasteiger partial charge in [-0.2, -0.15) is 0 Å². The van der Waals surface area contributed by atoms with E-state index in [1.807, 2.05) is 6.07 Å². The highest BCUT2D eigenvalue weighted by Crippen LogP contribution is 2.25. The summed E-state index contributed by atoms with van der Waals surface area (Å²) < 4.78 is 5.28. The van der Waals surface area contributed by atoms with Crippen LogP contribution in [-0.4, -0.2) is 35.7 Å². The van der Waals surface area contributed by atoms with Crippen LogP contribution in [0.25, 0.3) is 0 Å². The average Bonchev–Trinajstić information content (AvgIpc) is 2.50. The van der Waals surface area contributed by atoms with Crippen LogP contribution in [0.2, 0.25) is 10.0 Å². The van der Waals surface area contributed by atoms with Crippen molar-refractivity contribution in [1.29, 1.82) is 0 Å². The molecule has 1 amide bonds. The smallest absolute Gasteiger partial charge is 0.305 e. The van der Waals surface area contributed by atoms with Gasteiger partial charge in [0.2, 0.25) is 5.91 Å². The Morgan fingerprint density at radius 1 is 1.21 bits per heavy atom. The van der Waals surface area contributed by atoms with Crippen molar-refractivity contribution in [1.82, 2.24) is 5.32 Å². The molecular weight excluding hydrogens is 353 g/mol. The van der Waals surface area contributed by atoms with E-state index in [2.05, 4.69) is 5.32 Å². The van der Waals surface area contributed by atoms with Crippen molar-refractivity contribution in [2.45, 2.75) is 44.1 Å². The van der Waals surface area contributed by atoms with Crippen LogP contribution in [0.3, 0.4) is 0 Å². The fourth-order valence-electron chi connectivity index (χ4n) is 2.90. The number of nitrogens with one attached hydrogen (secondary N) is 1. The van der Waals surface area contributed by atoms with Crippen LogP contribution in [0.1, 0.15) is 37.7 Å². The van der Waals surface area contributed by atoms with Crippen LogP contribution in [0, 0.1) is 0 Å². The number of hydrogen-bond acceptors (Lipinski definition) is 3. The maximum atomic E-state index is 12.2. The first-order chi connectivity index (χ1) is 11.4. The fraction of sp³-hybridized carbons (Fsp3) is 0.529. The molecule has 0 aliphatic carbocycles. The summed E-state index contributed by atoms with van der Waals surface area (Å²) in [7, 11) is 0. The molecule has 5 nitrogen and oxygen atoms in total. The summed E-state index contributed by atoms with van der Waals surface area (Å²) in [5, 5.41) is 13.0. The van der Waals surface area contributed by atoms with E-state index >= 15 is 0 Å². The second-order valence-electron chi connectivity index (χ2n) is 6.11. The zero-order valence-electron chi connectivity index (χ0n) is 13.3. The molecule has 1 aromatic rings. The number of carbonyl (C=O) groups is 2. The van der Waals surface area contributed by atoms with Gasteiger partial charge in [-0.05, 0) is 43.4 Å². The maximum absolute atomic E-state index is 12.2. The van der Waals surface area contributed by atoms with E-state index in [1.54, 1.807) is 12.1 Å². The Morgan fingerprint density at radius 3 is 2.54 bits per heavy atom. The monoisotopic (exact) mass is 373 g/mol.